The predicted molar refractivity (Wildman–Crippen MR) is 113 cm³/mol. The Bertz CT molecular complexity index is 1190. The van der Waals surface area contributed by atoms with Crippen molar-refractivity contribution in [2.75, 3.05) is 32.2 Å². The van der Waals surface area contributed by atoms with E-state index < -0.39 is 11.2 Å². The summed E-state index contributed by atoms with van der Waals surface area (Å²) >= 11 is 0. The zero-order valence-corrected chi connectivity index (χ0v) is 16.3. The van der Waals surface area contributed by atoms with Gasteiger partial charge in [-0.15, -0.1) is 4.68 Å². The van der Waals surface area contributed by atoms with E-state index in [-0.39, 0.29) is 0 Å². The van der Waals surface area contributed by atoms with Gasteiger partial charge in [0.1, 0.15) is 11.5 Å². The first-order valence-electron chi connectivity index (χ1n) is 9.42. The fourth-order valence-corrected chi connectivity index (χ4v) is 3.59. The molecule has 0 bridgehead atoms. The maximum atomic E-state index is 12.6. The molecule has 4 rings (SSSR count). The van der Waals surface area contributed by atoms with Crippen molar-refractivity contribution in [2.45, 2.75) is 12.8 Å². The Labute approximate surface area is 167 Å². The highest BCUT2D eigenvalue weighted by Crippen LogP contribution is 2.36. The van der Waals surface area contributed by atoms with Crippen molar-refractivity contribution in [2.24, 2.45) is 5.10 Å². The lowest BCUT2D eigenvalue weighted by Gasteiger charge is -2.22. The summed E-state index contributed by atoms with van der Waals surface area (Å²) < 4.78 is 11.9. The number of nitrogens with one attached hydrogen (secondary N) is 1. The van der Waals surface area contributed by atoms with Gasteiger partial charge in [-0.1, -0.05) is 12.1 Å². The first kappa shape index (κ1) is 18.8. The van der Waals surface area contributed by atoms with Gasteiger partial charge in [0.15, 0.2) is 0 Å². The number of benzene rings is 2. The van der Waals surface area contributed by atoms with Gasteiger partial charge in [0.2, 0.25) is 0 Å². The first-order chi connectivity index (χ1) is 14.1. The van der Waals surface area contributed by atoms with Gasteiger partial charge in [-0.05, 0) is 31.0 Å². The number of para-hydroxylation sites is 1. The van der Waals surface area contributed by atoms with Gasteiger partial charge in [-0.3, -0.25) is 4.79 Å². The fraction of sp³-hybridized carbons (Fsp3) is 0.286. The number of fused-ring (bicyclic) bond motifs is 1. The average Bonchev–Trinajstić information content (AvgIpc) is 3.27. The summed E-state index contributed by atoms with van der Waals surface area (Å²) in [5, 5.41) is 4.51. The molecule has 1 saturated heterocycles. The summed E-state index contributed by atoms with van der Waals surface area (Å²) in [5.74, 6) is 1.27. The van der Waals surface area contributed by atoms with E-state index in [2.05, 4.69) is 15.0 Å². The standard InChI is InChI=1S/C21H22N4O4/c1-28-18-12-17(24-9-5-6-10-24)19(29-2)11-14(18)13-22-25-20(26)15-7-3-4-8-16(15)23-21(25)27/h3-4,7-8,11-13H,5-6,9-10H2,1-2H3,(H,23,27). The van der Waals surface area contributed by atoms with E-state index in [0.29, 0.717) is 28.0 Å². The molecule has 1 aliphatic heterocycles. The van der Waals surface area contributed by atoms with E-state index in [1.54, 1.807) is 44.6 Å². The number of ether oxygens (including phenoxy) is 2. The maximum Gasteiger partial charge on any atom is 0.349 e. The van der Waals surface area contributed by atoms with Gasteiger partial charge < -0.3 is 19.4 Å². The molecule has 8 nitrogen and oxygen atoms in total. The number of aromatic amines is 1. The van der Waals surface area contributed by atoms with Crippen LogP contribution in [0, 0.1) is 0 Å². The molecule has 3 aromatic rings. The van der Waals surface area contributed by atoms with Crippen LogP contribution in [0.4, 0.5) is 5.69 Å². The Balaban J connectivity index is 1.78. The van der Waals surface area contributed by atoms with Crippen molar-refractivity contribution < 1.29 is 9.47 Å². The normalized spacial score (nSPS) is 14.1. The lowest BCUT2D eigenvalue weighted by Crippen LogP contribution is -2.32. The lowest BCUT2D eigenvalue weighted by atomic mass is 10.1. The summed E-state index contributed by atoms with van der Waals surface area (Å²) in [6.07, 6.45) is 3.71. The van der Waals surface area contributed by atoms with E-state index in [1.165, 1.54) is 6.21 Å². The van der Waals surface area contributed by atoms with Crippen LogP contribution >= 0.6 is 0 Å². The summed E-state index contributed by atoms with van der Waals surface area (Å²) in [5.41, 5.74) is 0.944. The molecule has 0 unspecified atom stereocenters. The van der Waals surface area contributed by atoms with E-state index in [4.69, 9.17) is 9.47 Å². The summed E-state index contributed by atoms with van der Waals surface area (Å²) in [6, 6.07) is 10.5. The molecular weight excluding hydrogens is 372 g/mol. The van der Waals surface area contributed by atoms with Gasteiger partial charge in [0.25, 0.3) is 5.56 Å². The van der Waals surface area contributed by atoms with Crippen molar-refractivity contribution in [3.8, 4) is 11.5 Å². The van der Waals surface area contributed by atoms with Crippen LogP contribution in [-0.4, -0.2) is 43.2 Å². The molecule has 1 aliphatic rings. The van der Waals surface area contributed by atoms with Crippen LogP contribution < -0.4 is 25.6 Å². The van der Waals surface area contributed by atoms with Crippen molar-refractivity contribution in [3.63, 3.8) is 0 Å². The van der Waals surface area contributed by atoms with Crippen LogP contribution in [0.15, 0.2) is 51.1 Å². The Hall–Kier alpha value is -3.55. The third-order valence-corrected chi connectivity index (χ3v) is 5.07. The molecular formula is C21H22N4O4. The van der Waals surface area contributed by atoms with Crippen molar-refractivity contribution in [3.05, 3.63) is 62.8 Å². The molecule has 2 aromatic carbocycles. The van der Waals surface area contributed by atoms with E-state index in [9.17, 15) is 9.59 Å². The molecule has 29 heavy (non-hydrogen) atoms. The Morgan fingerprint density at radius 2 is 1.76 bits per heavy atom. The highest BCUT2D eigenvalue weighted by atomic mass is 16.5. The second kappa shape index (κ2) is 7.83. The van der Waals surface area contributed by atoms with Crippen LogP contribution in [0.2, 0.25) is 0 Å². The minimum atomic E-state index is -0.607. The van der Waals surface area contributed by atoms with Crippen LogP contribution in [0.1, 0.15) is 18.4 Å². The third kappa shape index (κ3) is 3.49. The smallest absolute Gasteiger partial charge is 0.349 e. The number of hydrogen-bond acceptors (Lipinski definition) is 6. The van der Waals surface area contributed by atoms with Crippen molar-refractivity contribution in [1.82, 2.24) is 9.66 Å². The van der Waals surface area contributed by atoms with Gasteiger partial charge >= 0.3 is 5.69 Å². The average molecular weight is 394 g/mol. The van der Waals surface area contributed by atoms with Gasteiger partial charge in [-0.25, -0.2) is 4.79 Å². The molecule has 0 spiro atoms. The molecule has 0 atom stereocenters. The monoisotopic (exact) mass is 394 g/mol. The second-order valence-electron chi connectivity index (χ2n) is 6.80. The molecule has 0 amide bonds. The summed E-state index contributed by atoms with van der Waals surface area (Å²) in [7, 11) is 3.18. The van der Waals surface area contributed by atoms with E-state index in [1.807, 2.05) is 6.07 Å². The van der Waals surface area contributed by atoms with Crippen LogP contribution in [-0.2, 0) is 0 Å². The highest BCUT2D eigenvalue weighted by Gasteiger charge is 2.19. The molecule has 1 N–H and O–H groups in total. The first-order valence-corrected chi connectivity index (χ1v) is 9.42. The summed E-state index contributed by atoms with van der Waals surface area (Å²) in [6.45, 7) is 1.93. The Morgan fingerprint density at radius 3 is 2.48 bits per heavy atom. The van der Waals surface area contributed by atoms with Crippen molar-refractivity contribution in [1.29, 1.82) is 0 Å². The number of nitrogens with zero attached hydrogens (tertiary/aromatic N) is 3. The summed E-state index contributed by atoms with van der Waals surface area (Å²) in [4.78, 5) is 29.9. The molecule has 8 heteroatoms. The van der Waals surface area contributed by atoms with Crippen LogP contribution in [0.3, 0.4) is 0 Å². The van der Waals surface area contributed by atoms with Crippen molar-refractivity contribution >= 4 is 22.8 Å². The molecule has 0 saturated carbocycles. The number of hydrogen-bond donors (Lipinski definition) is 1. The lowest BCUT2D eigenvalue weighted by molar-refractivity contribution is 0.402. The number of methoxy groups -OCH3 is 2. The molecule has 1 aromatic heterocycles. The molecule has 150 valence electrons. The second-order valence-corrected chi connectivity index (χ2v) is 6.80. The van der Waals surface area contributed by atoms with Gasteiger partial charge in [-0.2, -0.15) is 5.10 Å². The number of H-pyrrole nitrogens is 1. The number of rotatable bonds is 5. The quantitative estimate of drug-likeness (QED) is 0.670. The number of aromatic nitrogens is 2. The SMILES string of the molecule is COc1cc(N2CCCC2)c(OC)cc1C=Nn1c(=O)[nH]c2ccccc2c1=O. The predicted octanol–water partition coefficient (Wildman–Crippen LogP) is 2.19. The Morgan fingerprint density at radius 1 is 1.03 bits per heavy atom. The largest absolute Gasteiger partial charge is 0.496 e. The third-order valence-electron chi connectivity index (χ3n) is 5.07. The molecule has 0 radical (unpaired) electrons. The Kier molecular flexibility index (Phi) is 5.07. The van der Waals surface area contributed by atoms with Gasteiger partial charge in [0, 0.05) is 24.7 Å². The minimum Gasteiger partial charge on any atom is -0.496 e. The van der Waals surface area contributed by atoms with Crippen LogP contribution in [0.5, 0.6) is 11.5 Å². The molecule has 2 heterocycles. The van der Waals surface area contributed by atoms with E-state index >= 15 is 0 Å². The van der Waals surface area contributed by atoms with Gasteiger partial charge in [0.05, 0.1) is 37.0 Å². The zero-order chi connectivity index (χ0) is 20.4. The minimum absolute atomic E-state index is 0.387. The highest BCUT2D eigenvalue weighted by molar-refractivity contribution is 5.86. The zero-order valence-electron chi connectivity index (χ0n) is 16.3. The van der Waals surface area contributed by atoms with E-state index in [0.717, 1.165) is 36.3 Å². The number of anilines is 1. The molecule has 1 fully saturated rings. The maximum absolute atomic E-state index is 12.6. The van der Waals surface area contributed by atoms with Crippen LogP contribution in [0.25, 0.3) is 10.9 Å². The topological polar surface area (TPSA) is 88.9 Å². The fourth-order valence-electron chi connectivity index (χ4n) is 3.59. The molecule has 0 aliphatic carbocycles.